The molecule has 0 radical (unpaired) electrons. The molecule has 1 aliphatic rings. The van der Waals surface area contributed by atoms with E-state index in [1.165, 1.54) is 5.56 Å². The number of rotatable bonds is 8. The number of piperazine rings is 1. The molecule has 2 aromatic heterocycles. The van der Waals surface area contributed by atoms with Gasteiger partial charge in [-0.15, -0.1) is 12.4 Å². The van der Waals surface area contributed by atoms with Crippen molar-refractivity contribution in [3.8, 4) is 5.75 Å². The zero-order chi connectivity index (χ0) is 22.5. The van der Waals surface area contributed by atoms with Crippen LogP contribution in [0.1, 0.15) is 11.3 Å². The standard InChI is InChI=1S/C26H29N5O2.ClH/c1-20-8-10-21(11-9-20)33-18-16-30-12-14-31(15-13-30)26-28-24-7-3-2-6-23(24)25(29-26)27-19-22-5-4-17-32-22;/h2-11,17H,12-16,18-19H2,1H3,(H,27,28,29);1H. The Labute approximate surface area is 206 Å². The summed E-state index contributed by atoms with van der Waals surface area (Å²) in [5.41, 5.74) is 2.19. The van der Waals surface area contributed by atoms with Crippen molar-refractivity contribution >= 4 is 35.1 Å². The molecule has 7 nitrogen and oxygen atoms in total. The van der Waals surface area contributed by atoms with Crippen molar-refractivity contribution in [2.45, 2.75) is 13.5 Å². The lowest BCUT2D eigenvalue weighted by Gasteiger charge is -2.34. The van der Waals surface area contributed by atoms with Gasteiger partial charge >= 0.3 is 0 Å². The zero-order valence-electron chi connectivity index (χ0n) is 19.3. The maximum atomic E-state index is 5.90. The highest BCUT2D eigenvalue weighted by Crippen LogP contribution is 2.24. The maximum absolute atomic E-state index is 5.90. The summed E-state index contributed by atoms with van der Waals surface area (Å²) in [7, 11) is 0. The lowest BCUT2D eigenvalue weighted by molar-refractivity contribution is 0.200. The second-order valence-corrected chi connectivity index (χ2v) is 8.31. The number of ether oxygens (including phenoxy) is 1. The molecule has 0 aliphatic carbocycles. The number of fused-ring (bicyclic) bond motifs is 1. The SMILES string of the molecule is Cc1ccc(OCCN2CCN(c3nc(NCc4ccco4)c4ccccc4n3)CC2)cc1.Cl. The molecule has 0 amide bonds. The monoisotopic (exact) mass is 479 g/mol. The molecule has 34 heavy (non-hydrogen) atoms. The van der Waals surface area contributed by atoms with E-state index < -0.39 is 0 Å². The Kier molecular flexibility index (Phi) is 7.87. The largest absolute Gasteiger partial charge is 0.492 e. The van der Waals surface area contributed by atoms with Gasteiger partial charge in [-0.05, 0) is 43.3 Å². The van der Waals surface area contributed by atoms with Crippen LogP contribution in [0, 0.1) is 6.92 Å². The van der Waals surface area contributed by atoms with Gasteiger partial charge in [-0.2, -0.15) is 4.98 Å². The highest BCUT2D eigenvalue weighted by atomic mass is 35.5. The average Bonchev–Trinajstić information content (AvgIpc) is 3.38. The van der Waals surface area contributed by atoms with Gasteiger partial charge in [0.15, 0.2) is 0 Å². The number of benzene rings is 2. The zero-order valence-corrected chi connectivity index (χ0v) is 20.1. The third-order valence-corrected chi connectivity index (χ3v) is 5.95. The van der Waals surface area contributed by atoms with Crippen LogP contribution in [-0.4, -0.2) is 54.2 Å². The Morgan fingerprint density at radius 3 is 2.50 bits per heavy atom. The minimum absolute atomic E-state index is 0. The number of anilines is 2. The van der Waals surface area contributed by atoms with E-state index in [9.17, 15) is 0 Å². The van der Waals surface area contributed by atoms with Crippen LogP contribution >= 0.6 is 12.4 Å². The van der Waals surface area contributed by atoms with E-state index >= 15 is 0 Å². The minimum Gasteiger partial charge on any atom is -0.492 e. The Morgan fingerprint density at radius 2 is 1.74 bits per heavy atom. The molecule has 2 aromatic carbocycles. The van der Waals surface area contributed by atoms with Crippen LogP contribution < -0.4 is 15.0 Å². The third kappa shape index (κ3) is 5.79. The van der Waals surface area contributed by atoms with E-state index in [-0.39, 0.29) is 12.4 Å². The summed E-state index contributed by atoms with van der Waals surface area (Å²) < 4.78 is 11.4. The number of nitrogens with zero attached hydrogens (tertiary/aromatic N) is 4. The van der Waals surface area contributed by atoms with Crippen LogP contribution in [0.25, 0.3) is 10.9 Å². The fourth-order valence-corrected chi connectivity index (χ4v) is 4.02. The maximum Gasteiger partial charge on any atom is 0.227 e. The van der Waals surface area contributed by atoms with Crippen molar-refractivity contribution < 1.29 is 9.15 Å². The molecular weight excluding hydrogens is 450 g/mol. The van der Waals surface area contributed by atoms with E-state index in [1.54, 1.807) is 6.26 Å². The van der Waals surface area contributed by atoms with Crippen LogP contribution in [-0.2, 0) is 6.54 Å². The molecule has 1 saturated heterocycles. The molecule has 178 valence electrons. The molecule has 3 heterocycles. The summed E-state index contributed by atoms with van der Waals surface area (Å²) in [6.45, 7) is 7.97. The van der Waals surface area contributed by atoms with Crippen molar-refractivity contribution in [1.82, 2.24) is 14.9 Å². The average molecular weight is 480 g/mol. The molecule has 1 N–H and O–H groups in total. The molecule has 1 aliphatic heterocycles. The first-order chi connectivity index (χ1) is 16.2. The normalized spacial score (nSPS) is 14.1. The van der Waals surface area contributed by atoms with Crippen molar-refractivity contribution in [1.29, 1.82) is 0 Å². The van der Waals surface area contributed by atoms with Gasteiger partial charge in [0.25, 0.3) is 0 Å². The summed E-state index contributed by atoms with van der Waals surface area (Å²) in [5, 5.41) is 4.44. The van der Waals surface area contributed by atoms with Crippen molar-refractivity contribution in [2.75, 3.05) is 49.5 Å². The van der Waals surface area contributed by atoms with Gasteiger partial charge in [0.05, 0.1) is 18.3 Å². The Bertz CT molecular complexity index is 1180. The molecule has 0 unspecified atom stereocenters. The topological polar surface area (TPSA) is 66.7 Å². The van der Waals surface area contributed by atoms with Crippen LogP contribution in [0.3, 0.4) is 0 Å². The minimum atomic E-state index is 0. The van der Waals surface area contributed by atoms with E-state index in [4.69, 9.17) is 19.1 Å². The Hall–Kier alpha value is -3.29. The van der Waals surface area contributed by atoms with Gasteiger partial charge in [-0.25, -0.2) is 4.98 Å². The third-order valence-electron chi connectivity index (χ3n) is 5.95. The van der Waals surface area contributed by atoms with Crippen molar-refractivity contribution in [3.63, 3.8) is 0 Å². The number of aromatic nitrogens is 2. The predicted molar refractivity (Wildman–Crippen MR) is 138 cm³/mol. The summed E-state index contributed by atoms with van der Waals surface area (Å²) in [5.74, 6) is 3.41. The van der Waals surface area contributed by atoms with E-state index in [0.29, 0.717) is 13.2 Å². The van der Waals surface area contributed by atoms with Gasteiger partial charge in [-0.3, -0.25) is 4.90 Å². The van der Waals surface area contributed by atoms with Crippen LogP contribution in [0.15, 0.2) is 71.3 Å². The van der Waals surface area contributed by atoms with Crippen LogP contribution in [0.5, 0.6) is 5.75 Å². The summed E-state index contributed by atoms with van der Waals surface area (Å²) in [6.07, 6.45) is 1.69. The first-order valence-corrected chi connectivity index (χ1v) is 11.4. The molecule has 0 bridgehead atoms. The van der Waals surface area contributed by atoms with Crippen molar-refractivity contribution in [2.24, 2.45) is 0 Å². The number of hydrogen-bond acceptors (Lipinski definition) is 7. The highest BCUT2D eigenvalue weighted by Gasteiger charge is 2.20. The van der Waals surface area contributed by atoms with E-state index in [1.807, 2.05) is 42.5 Å². The quantitative estimate of drug-likeness (QED) is 0.390. The lowest BCUT2D eigenvalue weighted by Crippen LogP contribution is -2.48. The lowest BCUT2D eigenvalue weighted by atomic mass is 10.2. The van der Waals surface area contributed by atoms with E-state index in [2.05, 4.69) is 40.2 Å². The molecule has 0 atom stereocenters. The Morgan fingerprint density at radius 1 is 0.941 bits per heavy atom. The second-order valence-electron chi connectivity index (χ2n) is 8.31. The predicted octanol–water partition coefficient (Wildman–Crippen LogP) is 4.77. The molecule has 0 spiro atoms. The highest BCUT2D eigenvalue weighted by molar-refractivity contribution is 5.90. The molecule has 5 rings (SSSR count). The smallest absolute Gasteiger partial charge is 0.227 e. The van der Waals surface area contributed by atoms with Gasteiger partial charge in [0.2, 0.25) is 5.95 Å². The molecule has 1 fully saturated rings. The number of furan rings is 1. The fourth-order valence-electron chi connectivity index (χ4n) is 4.02. The first-order valence-electron chi connectivity index (χ1n) is 11.4. The number of hydrogen-bond donors (Lipinski definition) is 1. The molecule has 4 aromatic rings. The van der Waals surface area contributed by atoms with E-state index in [0.717, 1.165) is 66.9 Å². The number of aryl methyl sites for hydroxylation is 1. The summed E-state index contributed by atoms with van der Waals surface area (Å²) >= 11 is 0. The van der Waals surface area contributed by atoms with Gasteiger partial charge in [0.1, 0.15) is 23.9 Å². The Balaban J connectivity index is 0.00000274. The number of nitrogens with one attached hydrogen (secondary N) is 1. The number of halogens is 1. The second kappa shape index (κ2) is 11.2. The van der Waals surface area contributed by atoms with Crippen LogP contribution in [0.4, 0.5) is 11.8 Å². The van der Waals surface area contributed by atoms with Crippen molar-refractivity contribution in [3.05, 3.63) is 78.3 Å². The summed E-state index contributed by atoms with van der Waals surface area (Å²) in [6, 6.07) is 20.2. The first kappa shape index (κ1) is 23.9. The van der Waals surface area contributed by atoms with Gasteiger partial charge < -0.3 is 19.4 Å². The fraction of sp³-hybridized carbons (Fsp3) is 0.308. The van der Waals surface area contributed by atoms with Crippen LogP contribution in [0.2, 0.25) is 0 Å². The van der Waals surface area contributed by atoms with Gasteiger partial charge in [0, 0.05) is 38.1 Å². The molecule has 8 heteroatoms. The molecule has 0 saturated carbocycles. The van der Waals surface area contributed by atoms with Gasteiger partial charge in [-0.1, -0.05) is 29.8 Å². The molecular formula is C26H30ClN5O2. The number of para-hydroxylation sites is 1. The summed E-state index contributed by atoms with van der Waals surface area (Å²) in [4.78, 5) is 14.4.